The zero-order valence-electron chi connectivity index (χ0n) is 33.5. The van der Waals surface area contributed by atoms with Gasteiger partial charge in [0.05, 0.1) is 19.8 Å². The first kappa shape index (κ1) is 45.3. The van der Waals surface area contributed by atoms with Gasteiger partial charge in [0.15, 0.2) is 0 Å². The third-order valence-corrected chi connectivity index (χ3v) is 10.4. The monoisotopic (exact) mass is 717 g/mol. The van der Waals surface area contributed by atoms with E-state index in [0.29, 0.717) is 19.6 Å². The number of hydrogen-bond acceptors (Lipinski definition) is 7. The quantitative estimate of drug-likeness (QED) is 0.0554. The molecule has 0 bridgehead atoms. The van der Waals surface area contributed by atoms with Crippen LogP contribution in [-0.4, -0.2) is 80.0 Å². The van der Waals surface area contributed by atoms with Gasteiger partial charge in [0, 0.05) is 45.2 Å². The van der Waals surface area contributed by atoms with E-state index in [4.69, 9.17) is 19.3 Å². The van der Waals surface area contributed by atoms with E-state index >= 15 is 0 Å². The van der Waals surface area contributed by atoms with Gasteiger partial charge >= 0.3 is 5.97 Å². The van der Waals surface area contributed by atoms with Crippen LogP contribution >= 0.6 is 0 Å². The van der Waals surface area contributed by atoms with Crippen LogP contribution in [0.4, 0.5) is 0 Å². The lowest BCUT2D eigenvalue weighted by Crippen LogP contribution is -2.47. The predicted octanol–water partition coefficient (Wildman–Crippen LogP) is 10.9. The molecule has 296 valence electrons. The average Bonchev–Trinajstić information content (AvgIpc) is 3.14. The third-order valence-electron chi connectivity index (χ3n) is 10.4. The lowest BCUT2D eigenvalue weighted by atomic mass is 10.1. The second kappa shape index (κ2) is 32.8. The molecule has 1 aromatic rings. The van der Waals surface area contributed by atoms with Crippen molar-refractivity contribution in [3.8, 4) is 11.5 Å². The van der Waals surface area contributed by atoms with Crippen LogP contribution in [-0.2, 0) is 16.1 Å². The van der Waals surface area contributed by atoms with Gasteiger partial charge in [-0.1, -0.05) is 149 Å². The number of hydrogen-bond donors (Lipinski definition) is 1. The van der Waals surface area contributed by atoms with Crippen LogP contribution in [0.1, 0.15) is 180 Å². The highest BCUT2D eigenvalue weighted by Crippen LogP contribution is 2.25. The normalized spacial score (nSPS) is 13.9. The highest BCUT2D eigenvalue weighted by molar-refractivity contribution is 5.69. The van der Waals surface area contributed by atoms with E-state index in [9.17, 15) is 4.79 Å². The number of piperazine rings is 1. The van der Waals surface area contributed by atoms with Crippen LogP contribution in [0.25, 0.3) is 0 Å². The molecule has 0 unspecified atom stereocenters. The number of esters is 1. The topological polar surface area (TPSA) is 71.5 Å². The molecule has 1 fully saturated rings. The van der Waals surface area contributed by atoms with Gasteiger partial charge in [-0.2, -0.15) is 0 Å². The third kappa shape index (κ3) is 25.7. The van der Waals surface area contributed by atoms with Crippen molar-refractivity contribution in [3.05, 3.63) is 23.8 Å². The number of aliphatic hydroxyl groups excluding tert-OH is 1. The largest absolute Gasteiger partial charge is 0.493 e. The Morgan fingerprint density at radius 2 is 0.941 bits per heavy atom. The molecule has 0 spiro atoms. The standard InChI is InChI=1S/C44H80N2O5/c1-3-5-7-9-11-13-15-17-19-21-23-25-36-50-43-38-41(40-51-44(48)27-26-28-45-29-31-46(32-30-45)33-34-47)37-42(39-43)49-35-24-22-20-18-16-14-12-10-8-6-4-2/h37-39,47H,3-36,40H2,1-2H3. The van der Waals surface area contributed by atoms with Crippen LogP contribution in [0.2, 0.25) is 0 Å². The fraction of sp³-hybridized carbons (Fsp3) is 0.841. The van der Waals surface area contributed by atoms with Crippen molar-refractivity contribution in [1.29, 1.82) is 0 Å². The summed E-state index contributed by atoms with van der Waals surface area (Å²) in [7, 11) is 0. The number of carbonyl (C=O) groups is 1. The molecule has 1 aromatic carbocycles. The maximum absolute atomic E-state index is 12.6. The van der Waals surface area contributed by atoms with Crippen LogP contribution < -0.4 is 9.47 Å². The van der Waals surface area contributed by atoms with E-state index < -0.39 is 0 Å². The van der Waals surface area contributed by atoms with Gasteiger partial charge in [-0.3, -0.25) is 9.69 Å². The minimum atomic E-state index is -0.153. The summed E-state index contributed by atoms with van der Waals surface area (Å²) in [6.45, 7) is 12.0. The molecule has 7 nitrogen and oxygen atoms in total. The first-order chi connectivity index (χ1) is 25.1. The summed E-state index contributed by atoms with van der Waals surface area (Å²) >= 11 is 0. The second-order valence-electron chi connectivity index (χ2n) is 15.1. The number of carbonyl (C=O) groups excluding carboxylic acids is 1. The van der Waals surface area contributed by atoms with E-state index in [0.717, 1.165) is 75.6 Å². The molecule has 0 atom stereocenters. The summed E-state index contributed by atoms with van der Waals surface area (Å²) in [5.41, 5.74) is 0.921. The molecule has 1 aliphatic heterocycles. The van der Waals surface area contributed by atoms with Crippen LogP contribution in [0, 0.1) is 0 Å². The molecule has 1 N–H and O–H groups in total. The number of unbranched alkanes of at least 4 members (excludes halogenated alkanes) is 21. The molecule has 51 heavy (non-hydrogen) atoms. The van der Waals surface area contributed by atoms with Crippen LogP contribution in [0.15, 0.2) is 18.2 Å². The molecule has 2 rings (SSSR count). The number of ether oxygens (including phenoxy) is 3. The van der Waals surface area contributed by atoms with E-state index in [1.165, 1.54) is 135 Å². The van der Waals surface area contributed by atoms with Gasteiger partial charge in [-0.15, -0.1) is 0 Å². The molecule has 1 heterocycles. The van der Waals surface area contributed by atoms with Crippen molar-refractivity contribution < 1.29 is 24.1 Å². The first-order valence-corrected chi connectivity index (χ1v) is 21.7. The molecule has 0 saturated carbocycles. The number of β-amino-alcohol motifs (C(OH)–C–C–N with tert-alkyl or cyclic N) is 1. The summed E-state index contributed by atoms with van der Waals surface area (Å²) in [6.07, 6.45) is 31.7. The van der Waals surface area contributed by atoms with Crippen molar-refractivity contribution in [1.82, 2.24) is 9.80 Å². The van der Waals surface area contributed by atoms with Gasteiger partial charge in [-0.25, -0.2) is 0 Å². The summed E-state index contributed by atoms with van der Waals surface area (Å²) < 4.78 is 18.1. The fourth-order valence-electron chi connectivity index (χ4n) is 7.03. The molecular formula is C44H80N2O5. The summed E-state index contributed by atoms with van der Waals surface area (Å²) in [4.78, 5) is 17.3. The Bertz CT molecular complexity index is 936. The maximum Gasteiger partial charge on any atom is 0.306 e. The maximum atomic E-state index is 12.6. The Morgan fingerprint density at radius 3 is 1.35 bits per heavy atom. The van der Waals surface area contributed by atoms with Crippen molar-refractivity contribution in [2.24, 2.45) is 0 Å². The van der Waals surface area contributed by atoms with Gasteiger partial charge in [0.1, 0.15) is 18.1 Å². The van der Waals surface area contributed by atoms with Crippen molar-refractivity contribution >= 4 is 5.97 Å². The number of rotatable bonds is 35. The molecule has 0 radical (unpaired) electrons. The van der Waals surface area contributed by atoms with Crippen molar-refractivity contribution in [2.45, 2.75) is 181 Å². The first-order valence-electron chi connectivity index (χ1n) is 21.7. The fourth-order valence-corrected chi connectivity index (χ4v) is 7.03. The predicted molar refractivity (Wildman–Crippen MR) is 214 cm³/mol. The van der Waals surface area contributed by atoms with Crippen molar-refractivity contribution in [2.75, 3.05) is 59.1 Å². The minimum Gasteiger partial charge on any atom is -0.493 e. The Kier molecular flexibility index (Phi) is 29.1. The highest BCUT2D eigenvalue weighted by atomic mass is 16.5. The molecule has 1 aliphatic rings. The smallest absolute Gasteiger partial charge is 0.306 e. The Morgan fingerprint density at radius 1 is 0.549 bits per heavy atom. The van der Waals surface area contributed by atoms with E-state index in [1.54, 1.807) is 0 Å². The Hall–Kier alpha value is -1.83. The lowest BCUT2D eigenvalue weighted by Gasteiger charge is -2.34. The van der Waals surface area contributed by atoms with E-state index in [2.05, 4.69) is 23.6 Å². The lowest BCUT2D eigenvalue weighted by molar-refractivity contribution is -0.145. The Labute approximate surface area is 314 Å². The van der Waals surface area contributed by atoms with Crippen LogP contribution in [0.3, 0.4) is 0 Å². The zero-order valence-corrected chi connectivity index (χ0v) is 33.5. The van der Waals surface area contributed by atoms with Gasteiger partial charge in [0.2, 0.25) is 0 Å². The minimum absolute atomic E-state index is 0.153. The van der Waals surface area contributed by atoms with E-state index in [1.807, 2.05) is 18.2 Å². The Balaban J connectivity index is 1.69. The van der Waals surface area contributed by atoms with Crippen LogP contribution in [0.5, 0.6) is 11.5 Å². The summed E-state index contributed by atoms with van der Waals surface area (Å²) in [5, 5.41) is 9.16. The van der Waals surface area contributed by atoms with Gasteiger partial charge < -0.3 is 24.2 Å². The van der Waals surface area contributed by atoms with E-state index in [-0.39, 0.29) is 19.2 Å². The number of nitrogens with zero attached hydrogens (tertiary/aromatic N) is 2. The van der Waals surface area contributed by atoms with Gasteiger partial charge in [-0.05, 0) is 43.5 Å². The average molecular weight is 717 g/mol. The molecule has 0 aromatic heterocycles. The number of aliphatic hydroxyl groups is 1. The molecule has 1 saturated heterocycles. The highest BCUT2D eigenvalue weighted by Gasteiger charge is 2.16. The van der Waals surface area contributed by atoms with Gasteiger partial charge in [0.25, 0.3) is 0 Å². The SMILES string of the molecule is CCCCCCCCCCCCCCOc1cc(COC(=O)CCCN2CCN(CCO)CC2)cc(OCCCCCCCCCCCCC)c1. The molecule has 7 heteroatoms. The molecule has 0 aliphatic carbocycles. The number of benzene rings is 1. The summed E-state index contributed by atoms with van der Waals surface area (Å²) in [6, 6.07) is 6.02. The molecule has 0 amide bonds. The van der Waals surface area contributed by atoms with Crippen molar-refractivity contribution in [3.63, 3.8) is 0 Å². The second-order valence-corrected chi connectivity index (χ2v) is 15.1. The molecular weight excluding hydrogens is 636 g/mol. The zero-order chi connectivity index (χ0) is 36.5. The summed E-state index contributed by atoms with van der Waals surface area (Å²) in [5.74, 6) is 1.46.